The lowest BCUT2D eigenvalue weighted by atomic mass is 9.34. The highest BCUT2D eigenvalue weighted by molar-refractivity contribution is 5.84. The molecule has 2 N–H and O–H groups in total. The minimum Gasteiger partial charge on any atom is -0.404 e. The number of nitrogens with zero attached hydrogens (tertiary/aromatic N) is 4. The highest BCUT2D eigenvalue weighted by Crippen LogP contribution is 2.78. The Morgan fingerprint density at radius 2 is 1.86 bits per heavy atom. The third kappa shape index (κ3) is 3.58. The summed E-state index contributed by atoms with van der Waals surface area (Å²) in [6.45, 7) is 4.25. The van der Waals surface area contributed by atoms with Gasteiger partial charge in [0.25, 0.3) is 0 Å². The Kier molecular flexibility index (Phi) is 4.91. The summed E-state index contributed by atoms with van der Waals surface area (Å²) < 4.78 is 46.7. The first-order chi connectivity index (χ1) is 16.6. The van der Waals surface area contributed by atoms with Gasteiger partial charge in [-0.05, 0) is 70.1 Å². The molecule has 184 valence electrons. The van der Waals surface area contributed by atoms with Crippen molar-refractivity contribution < 1.29 is 17.9 Å². The summed E-state index contributed by atoms with van der Waals surface area (Å²) in [5, 5.41) is 0. The molecule has 4 aliphatic carbocycles. The molecule has 1 atom stereocenters. The number of ether oxygens (including phenoxy) is 1. The number of aliphatic imine (C=N–C) groups is 1. The summed E-state index contributed by atoms with van der Waals surface area (Å²) in [6, 6.07) is 2.28. The van der Waals surface area contributed by atoms with Crippen molar-refractivity contribution in [3.8, 4) is 0 Å². The number of aryl methyl sites for hydroxylation is 2. The fourth-order valence-electron chi connectivity index (χ4n) is 5.75. The molecule has 7 rings (SSSR count). The van der Waals surface area contributed by atoms with E-state index in [9.17, 15) is 13.2 Å². The van der Waals surface area contributed by atoms with Gasteiger partial charge >= 0.3 is 6.18 Å². The molecule has 2 bridgehead atoms. The van der Waals surface area contributed by atoms with Crippen molar-refractivity contribution in [2.75, 3.05) is 6.61 Å². The molecule has 0 saturated heterocycles. The summed E-state index contributed by atoms with van der Waals surface area (Å²) >= 11 is 0. The molecule has 35 heavy (non-hydrogen) atoms. The molecular weight excluding hydrogens is 455 g/mol. The normalized spacial score (nSPS) is 30.8. The van der Waals surface area contributed by atoms with Crippen LogP contribution in [0.15, 0.2) is 28.9 Å². The van der Waals surface area contributed by atoms with Gasteiger partial charge in [-0.25, -0.2) is 9.97 Å². The van der Waals surface area contributed by atoms with Crippen molar-refractivity contribution in [3.63, 3.8) is 0 Å². The van der Waals surface area contributed by atoms with E-state index in [1.54, 1.807) is 6.21 Å². The first kappa shape index (κ1) is 22.6. The van der Waals surface area contributed by atoms with E-state index in [0.717, 1.165) is 41.1 Å². The van der Waals surface area contributed by atoms with Crippen molar-refractivity contribution >= 4 is 22.8 Å². The third-order valence-corrected chi connectivity index (χ3v) is 8.05. The number of nitrogens with two attached hydrogens (primary N) is 1. The van der Waals surface area contributed by atoms with Crippen molar-refractivity contribution in [3.05, 3.63) is 46.7 Å². The second-order valence-corrected chi connectivity index (χ2v) is 10.6. The van der Waals surface area contributed by atoms with Crippen LogP contribution in [-0.2, 0) is 10.2 Å². The van der Waals surface area contributed by atoms with E-state index in [1.807, 2.05) is 26.0 Å². The van der Waals surface area contributed by atoms with Crippen LogP contribution in [0.1, 0.15) is 61.3 Å². The third-order valence-electron chi connectivity index (χ3n) is 8.05. The summed E-state index contributed by atoms with van der Waals surface area (Å²) in [7, 11) is 0. The minimum atomic E-state index is -4.18. The molecule has 4 saturated carbocycles. The smallest absolute Gasteiger partial charge is 0.394 e. The number of hydrogen-bond donors (Lipinski definition) is 1. The van der Waals surface area contributed by atoms with E-state index in [2.05, 4.69) is 4.99 Å². The lowest BCUT2D eigenvalue weighted by molar-refractivity contribution is -0.337. The topological polar surface area (TPSA) is 86.3 Å². The number of halogens is 3. The summed E-state index contributed by atoms with van der Waals surface area (Å²) in [5.41, 5.74) is 9.73. The van der Waals surface area contributed by atoms with E-state index >= 15 is 0 Å². The molecule has 0 radical (unpaired) electrons. The van der Waals surface area contributed by atoms with Crippen LogP contribution < -0.4 is 5.73 Å². The van der Waals surface area contributed by atoms with Gasteiger partial charge < -0.3 is 10.5 Å². The molecule has 2 aromatic heterocycles. The first-order valence-corrected chi connectivity index (χ1v) is 12.1. The van der Waals surface area contributed by atoms with Crippen LogP contribution in [0.5, 0.6) is 0 Å². The number of rotatable bonds is 5. The van der Waals surface area contributed by atoms with Gasteiger partial charge in [-0.3, -0.25) is 9.98 Å². The van der Waals surface area contributed by atoms with Gasteiger partial charge in [0.05, 0.1) is 46.4 Å². The maximum absolute atomic E-state index is 13.6. The number of aromatic nitrogens is 3. The van der Waals surface area contributed by atoms with E-state index in [0.29, 0.717) is 35.8 Å². The number of alkyl halides is 3. The quantitative estimate of drug-likeness (QED) is 0.613. The van der Waals surface area contributed by atoms with E-state index in [-0.39, 0.29) is 25.4 Å². The zero-order valence-corrected chi connectivity index (χ0v) is 19.8. The zero-order valence-electron chi connectivity index (χ0n) is 19.8. The molecule has 9 heteroatoms. The SMILES string of the molecule is Cc1nc2cc(C3=C[C@H](C(C=NC4CC4)=CN)OCC3)nc(C34CC(C(F)(F)F)(C3)C4)c2nc1C. The average molecular weight is 484 g/mol. The number of fused-ring (bicyclic) bond motifs is 1. The molecule has 2 aromatic rings. The van der Waals surface area contributed by atoms with E-state index in [4.69, 9.17) is 25.4 Å². The van der Waals surface area contributed by atoms with Crippen LogP contribution in [0.2, 0.25) is 0 Å². The lowest BCUT2D eigenvalue weighted by Gasteiger charge is -2.70. The van der Waals surface area contributed by atoms with Crippen molar-refractivity contribution in [1.82, 2.24) is 15.0 Å². The Morgan fingerprint density at radius 3 is 2.51 bits per heavy atom. The number of hydrogen-bond acceptors (Lipinski definition) is 6. The molecule has 1 aliphatic heterocycles. The molecule has 4 fully saturated rings. The summed E-state index contributed by atoms with van der Waals surface area (Å²) in [6.07, 6.45) is 3.85. The second-order valence-electron chi connectivity index (χ2n) is 10.6. The molecular formula is C26H28F3N5O. The van der Waals surface area contributed by atoms with Gasteiger partial charge in [0.2, 0.25) is 0 Å². The highest BCUT2D eigenvalue weighted by atomic mass is 19.4. The Morgan fingerprint density at radius 1 is 1.14 bits per heavy atom. The van der Waals surface area contributed by atoms with Gasteiger partial charge in [-0.2, -0.15) is 13.2 Å². The van der Waals surface area contributed by atoms with Crippen molar-refractivity contribution in [1.29, 1.82) is 0 Å². The average Bonchev–Trinajstić information content (AvgIpc) is 3.57. The van der Waals surface area contributed by atoms with Crippen LogP contribution >= 0.6 is 0 Å². The van der Waals surface area contributed by atoms with Crippen molar-refractivity contribution in [2.45, 2.75) is 76.1 Å². The van der Waals surface area contributed by atoms with Crippen molar-refractivity contribution in [2.24, 2.45) is 16.1 Å². The standard InChI is InChI=1S/C26H28F3N5O/c1-14-15(2)33-22-20(32-14)8-19(34-23(22)24-11-25(12-24,13-24)26(27,28)29)16-5-6-35-21(7-16)17(9-30)10-31-18-3-4-18/h7-10,18,21H,3-6,11-13,30H2,1-2H3/t21-,24?,25?/m1/s1. The molecule has 0 unspecified atom stereocenters. The fourth-order valence-corrected chi connectivity index (χ4v) is 5.75. The van der Waals surface area contributed by atoms with Gasteiger partial charge in [0, 0.05) is 23.4 Å². The number of pyridine rings is 1. The van der Waals surface area contributed by atoms with E-state index in [1.165, 1.54) is 6.20 Å². The molecule has 0 amide bonds. The molecule has 3 heterocycles. The monoisotopic (exact) mass is 483 g/mol. The maximum atomic E-state index is 13.6. The van der Waals surface area contributed by atoms with Crippen LogP contribution in [0.3, 0.4) is 0 Å². The van der Waals surface area contributed by atoms with Gasteiger partial charge in [-0.15, -0.1) is 0 Å². The van der Waals surface area contributed by atoms with E-state index < -0.39 is 17.0 Å². The van der Waals surface area contributed by atoms with Crippen LogP contribution in [0, 0.1) is 19.3 Å². The highest BCUT2D eigenvalue weighted by Gasteiger charge is 2.79. The molecule has 5 aliphatic rings. The molecule has 0 aromatic carbocycles. The fraction of sp³-hybridized carbons (Fsp3) is 0.538. The molecule has 6 nitrogen and oxygen atoms in total. The largest absolute Gasteiger partial charge is 0.404 e. The maximum Gasteiger partial charge on any atom is 0.394 e. The van der Waals surface area contributed by atoms with Crippen LogP contribution in [-0.4, -0.2) is 46.1 Å². The predicted octanol–water partition coefficient (Wildman–Crippen LogP) is 4.87. The summed E-state index contributed by atoms with van der Waals surface area (Å²) in [5.74, 6) is 0. The Labute approximate surface area is 201 Å². The first-order valence-electron chi connectivity index (χ1n) is 12.1. The van der Waals surface area contributed by atoms with Gasteiger partial charge in [0.15, 0.2) is 0 Å². The lowest BCUT2D eigenvalue weighted by Crippen LogP contribution is -2.70. The Hall–Kier alpha value is -2.81. The summed E-state index contributed by atoms with van der Waals surface area (Å²) in [4.78, 5) is 19.0. The second kappa shape index (κ2) is 7.59. The Balaban J connectivity index is 1.40. The molecule has 0 spiro atoms. The zero-order chi connectivity index (χ0) is 24.6. The van der Waals surface area contributed by atoms with Gasteiger partial charge in [0.1, 0.15) is 11.6 Å². The van der Waals surface area contributed by atoms with Crippen LogP contribution in [0.25, 0.3) is 16.6 Å². The Bertz CT molecular complexity index is 1290. The predicted molar refractivity (Wildman–Crippen MR) is 127 cm³/mol. The minimum absolute atomic E-state index is 0.0755. The van der Waals surface area contributed by atoms with Crippen LogP contribution in [0.4, 0.5) is 13.2 Å². The van der Waals surface area contributed by atoms with Gasteiger partial charge in [-0.1, -0.05) is 0 Å².